The maximum Gasteiger partial charge on any atom is 0.323 e. The molecule has 2 atom stereocenters. The molecule has 0 bridgehead atoms. The van der Waals surface area contributed by atoms with Gasteiger partial charge in [0.1, 0.15) is 6.04 Å². The van der Waals surface area contributed by atoms with Gasteiger partial charge in [0.2, 0.25) is 0 Å². The summed E-state index contributed by atoms with van der Waals surface area (Å²) in [5.74, 6) is 0.356. The molecule has 0 aromatic carbocycles. The topological polar surface area (TPSA) is 86.6 Å². The molecule has 0 heterocycles. The molecule has 0 saturated carbocycles. The number of hydrogen-bond donors (Lipinski definition) is 3. The number of nitrogens with one attached hydrogen (secondary N) is 1. The van der Waals surface area contributed by atoms with Crippen molar-refractivity contribution in [3.63, 3.8) is 0 Å². The molecule has 0 aliphatic rings. The third-order valence-electron chi connectivity index (χ3n) is 4.79. The summed E-state index contributed by atoms with van der Waals surface area (Å²) in [6, 6.07) is -1.15. The van der Waals surface area contributed by atoms with E-state index in [0.29, 0.717) is 0 Å². The van der Waals surface area contributed by atoms with Gasteiger partial charge >= 0.3 is 5.97 Å². The molecule has 2 unspecified atom stereocenters. The first kappa shape index (κ1) is 26.4. The van der Waals surface area contributed by atoms with E-state index in [1.165, 1.54) is 83.5 Å². The minimum absolute atomic E-state index is 0.557. The van der Waals surface area contributed by atoms with Gasteiger partial charge in [0.15, 0.2) is 7.95 Å². The number of aliphatic hydroxyl groups excluding tert-OH is 1. The van der Waals surface area contributed by atoms with Crippen LogP contribution < -0.4 is 5.09 Å². The van der Waals surface area contributed by atoms with Crippen LogP contribution in [-0.2, 0) is 9.36 Å². The highest BCUT2D eigenvalue weighted by Gasteiger charge is 2.16. The van der Waals surface area contributed by atoms with Gasteiger partial charge in [-0.05, 0) is 18.7 Å². The fraction of sp³-hybridized carbons (Fsp3) is 0.857. The predicted octanol–water partition coefficient (Wildman–Crippen LogP) is 5.88. The Morgan fingerprint density at radius 1 is 0.889 bits per heavy atom. The molecule has 27 heavy (non-hydrogen) atoms. The molecule has 0 amide bonds. The van der Waals surface area contributed by atoms with Crippen molar-refractivity contribution >= 4 is 13.9 Å². The Morgan fingerprint density at radius 3 is 1.74 bits per heavy atom. The van der Waals surface area contributed by atoms with E-state index in [4.69, 9.17) is 10.2 Å². The van der Waals surface area contributed by atoms with Crippen molar-refractivity contribution in [1.29, 1.82) is 0 Å². The zero-order chi connectivity index (χ0) is 20.2. The summed E-state index contributed by atoms with van der Waals surface area (Å²) < 4.78 is 11.7. The molecule has 0 fully saturated rings. The molecule has 3 N–H and O–H groups in total. The monoisotopic (exact) mass is 403 g/mol. The third-order valence-corrected chi connectivity index (χ3v) is 5.96. The summed E-state index contributed by atoms with van der Waals surface area (Å²) in [6.07, 6.45) is 21.3. The van der Waals surface area contributed by atoms with E-state index < -0.39 is 26.6 Å². The molecule has 0 rings (SSSR count). The molecule has 0 aliphatic heterocycles. The van der Waals surface area contributed by atoms with E-state index in [9.17, 15) is 9.36 Å². The van der Waals surface area contributed by atoms with Crippen molar-refractivity contribution in [1.82, 2.24) is 5.09 Å². The van der Waals surface area contributed by atoms with Crippen LogP contribution in [-0.4, -0.2) is 28.8 Å². The molecular weight excluding hydrogens is 361 g/mol. The van der Waals surface area contributed by atoms with Crippen LogP contribution in [0.3, 0.4) is 0 Å². The fourth-order valence-electron chi connectivity index (χ4n) is 3.05. The van der Waals surface area contributed by atoms with Crippen molar-refractivity contribution in [3.8, 4) is 0 Å². The van der Waals surface area contributed by atoms with E-state index in [1.54, 1.807) is 5.82 Å². The summed E-state index contributed by atoms with van der Waals surface area (Å²) in [5, 5.41) is 20.1. The number of aliphatic hydroxyl groups is 1. The zero-order valence-corrected chi connectivity index (χ0v) is 18.3. The van der Waals surface area contributed by atoms with Crippen LogP contribution >= 0.6 is 7.95 Å². The van der Waals surface area contributed by atoms with Crippen molar-refractivity contribution in [3.05, 3.63) is 11.9 Å². The quantitative estimate of drug-likeness (QED) is 0.174. The molecule has 0 saturated heterocycles. The first-order valence-corrected chi connectivity index (χ1v) is 12.4. The highest BCUT2D eigenvalue weighted by atomic mass is 31.1. The van der Waals surface area contributed by atoms with Gasteiger partial charge in [-0.2, -0.15) is 0 Å². The molecular formula is C21H42NO4P. The number of carboxylic acid groups (broad SMARTS) is 1. The number of unbranched alkanes of at least 4 members (excludes halogenated alkanes) is 14. The number of aliphatic carboxylic acids is 1. The smallest absolute Gasteiger partial charge is 0.323 e. The first-order chi connectivity index (χ1) is 13.1. The van der Waals surface area contributed by atoms with Gasteiger partial charge in [0, 0.05) is 0 Å². The molecule has 0 aromatic heterocycles. The lowest BCUT2D eigenvalue weighted by Crippen LogP contribution is -2.35. The van der Waals surface area contributed by atoms with Crippen LogP contribution in [0.1, 0.15) is 103 Å². The second kappa shape index (κ2) is 20.1. The van der Waals surface area contributed by atoms with Crippen LogP contribution in [0.15, 0.2) is 11.9 Å². The molecule has 160 valence electrons. The van der Waals surface area contributed by atoms with Crippen LogP contribution in [0.2, 0.25) is 0 Å². The normalized spacial score (nSPS) is 13.9. The Labute approximate surface area is 166 Å². The van der Waals surface area contributed by atoms with Gasteiger partial charge in [0.05, 0.1) is 6.61 Å². The second-order valence-electron chi connectivity index (χ2n) is 7.37. The fourth-order valence-corrected chi connectivity index (χ4v) is 4.09. The highest BCUT2D eigenvalue weighted by molar-refractivity contribution is 7.46. The lowest BCUT2D eigenvalue weighted by Gasteiger charge is -2.08. The van der Waals surface area contributed by atoms with Crippen LogP contribution in [0.4, 0.5) is 0 Å². The summed E-state index contributed by atoms with van der Waals surface area (Å²) in [6.45, 7) is 1.70. The number of rotatable bonds is 20. The summed E-state index contributed by atoms with van der Waals surface area (Å²) in [7, 11) is -2.29. The van der Waals surface area contributed by atoms with Gasteiger partial charge in [-0.25, -0.2) is 0 Å². The Hall–Kier alpha value is -0.640. The standard InChI is InChI=1S/C21H42NO4P/c1-2-3-4-5-6-7-8-9-10-11-12-13-14-15-16-17-18-27(26)22-20(19-23)21(24)25/h17-18,20,23,27H,2-16,19H2,1H3,(H,22,26)(H,24,25). The van der Waals surface area contributed by atoms with Gasteiger partial charge < -0.3 is 14.8 Å². The lowest BCUT2D eigenvalue weighted by atomic mass is 10.0. The van der Waals surface area contributed by atoms with E-state index in [1.807, 2.05) is 6.08 Å². The minimum atomic E-state index is -2.29. The molecule has 0 aromatic rings. The van der Waals surface area contributed by atoms with Gasteiger partial charge in [-0.1, -0.05) is 96.5 Å². The van der Waals surface area contributed by atoms with Gasteiger partial charge in [-0.15, -0.1) is 0 Å². The Morgan fingerprint density at radius 2 is 1.33 bits per heavy atom. The Balaban J connectivity index is 3.35. The molecule has 0 aliphatic carbocycles. The van der Waals surface area contributed by atoms with Crippen molar-refractivity contribution in [2.75, 3.05) is 6.61 Å². The number of hydrogen-bond acceptors (Lipinski definition) is 3. The Kier molecular flexibility index (Phi) is 19.6. The number of allylic oxidation sites excluding steroid dienone is 1. The van der Waals surface area contributed by atoms with Crippen LogP contribution in [0.25, 0.3) is 0 Å². The molecule has 5 nitrogen and oxygen atoms in total. The largest absolute Gasteiger partial charge is 0.480 e. The number of carboxylic acids is 1. The summed E-state index contributed by atoms with van der Waals surface area (Å²) in [4.78, 5) is 10.7. The van der Waals surface area contributed by atoms with Gasteiger partial charge in [-0.3, -0.25) is 9.88 Å². The summed E-state index contributed by atoms with van der Waals surface area (Å²) in [5.41, 5.74) is 0. The van der Waals surface area contributed by atoms with Crippen LogP contribution in [0, 0.1) is 0 Å². The first-order valence-electron chi connectivity index (χ1n) is 10.9. The maximum absolute atomic E-state index is 11.7. The minimum Gasteiger partial charge on any atom is -0.480 e. The maximum atomic E-state index is 11.7. The van der Waals surface area contributed by atoms with E-state index in [0.717, 1.165) is 12.8 Å². The SMILES string of the molecule is CCCCCCCCCCCCCCCCC=C[PH](=O)NC(CO)C(=O)O. The van der Waals surface area contributed by atoms with Crippen molar-refractivity contribution in [2.45, 2.75) is 109 Å². The van der Waals surface area contributed by atoms with Crippen molar-refractivity contribution in [2.24, 2.45) is 0 Å². The lowest BCUT2D eigenvalue weighted by molar-refractivity contribution is -0.139. The zero-order valence-electron chi connectivity index (χ0n) is 17.3. The third kappa shape index (κ3) is 18.5. The average molecular weight is 404 g/mol. The van der Waals surface area contributed by atoms with Crippen LogP contribution in [0.5, 0.6) is 0 Å². The Bertz CT molecular complexity index is 402. The number of carbonyl (C=O) groups is 1. The van der Waals surface area contributed by atoms with E-state index in [-0.39, 0.29) is 0 Å². The van der Waals surface area contributed by atoms with Gasteiger partial charge in [0.25, 0.3) is 0 Å². The molecule has 6 heteroatoms. The second-order valence-corrected chi connectivity index (χ2v) is 8.72. The van der Waals surface area contributed by atoms with Crippen molar-refractivity contribution < 1.29 is 19.6 Å². The van der Waals surface area contributed by atoms with E-state index >= 15 is 0 Å². The average Bonchev–Trinajstić information content (AvgIpc) is 2.65. The molecule has 0 spiro atoms. The van der Waals surface area contributed by atoms with E-state index in [2.05, 4.69) is 12.0 Å². The highest BCUT2D eigenvalue weighted by Crippen LogP contribution is 2.19. The summed E-state index contributed by atoms with van der Waals surface area (Å²) >= 11 is 0. The predicted molar refractivity (Wildman–Crippen MR) is 115 cm³/mol. The molecule has 0 radical (unpaired) electrons.